The summed E-state index contributed by atoms with van der Waals surface area (Å²) in [5, 5.41) is 8.98. The number of anilines is 1. The van der Waals surface area contributed by atoms with Crippen molar-refractivity contribution < 1.29 is 19.0 Å². The smallest absolute Gasteiger partial charge is 0.303 e. The van der Waals surface area contributed by atoms with Crippen molar-refractivity contribution in [1.29, 1.82) is 0 Å². The molecule has 1 saturated carbocycles. The lowest BCUT2D eigenvalue weighted by Crippen LogP contribution is -2.39. The van der Waals surface area contributed by atoms with E-state index >= 15 is 0 Å². The van der Waals surface area contributed by atoms with E-state index in [4.69, 9.17) is 9.84 Å². The van der Waals surface area contributed by atoms with E-state index in [1.54, 1.807) is 12.1 Å². The van der Waals surface area contributed by atoms with Gasteiger partial charge >= 0.3 is 5.97 Å². The number of carbonyl (C=O) groups is 1. The van der Waals surface area contributed by atoms with Gasteiger partial charge in [0.2, 0.25) is 0 Å². The number of hydrazine groups is 1. The third-order valence-corrected chi connectivity index (χ3v) is 7.20. The quantitative estimate of drug-likeness (QED) is 0.553. The number of carboxylic acid groups (broad SMARTS) is 1. The van der Waals surface area contributed by atoms with Gasteiger partial charge in [0.05, 0.1) is 12.2 Å². The van der Waals surface area contributed by atoms with Crippen molar-refractivity contribution in [3.05, 3.63) is 59.5 Å². The Labute approximate surface area is 204 Å². The van der Waals surface area contributed by atoms with Crippen LogP contribution in [-0.4, -0.2) is 47.2 Å². The number of rotatable bonds is 7. The Morgan fingerprint density at radius 3 is 2.40 bits per heavy atom. The van der Waals surface area contributed by atoms with Crippen LogP contribution in [0, 0.1) is 11.7 Å². The minimum Gasteiger partial charge on any atom is -0.481 e. The summed E-state index contributed by atoms with van der Waals surface area (Å²) in [7, 11) is 0. The van der Waals surface area contributed by atoms with Crippen LogP contribution in [0.4, 0.5) is 10.2 Å². The Morgan fingerprint density at radius 2 is 1.74 bits per heavy atom. The van der Waals surface area contributed by atoms with Gasteiger partial charge < -0.3 is 20.2 Å². The standard InChI is InChI=1S/C26H32FN5O3/c27-20-6-3-18(4-7-20)25-29-26(31-30-25)19-5-10-23(28-16-19)32-13-11-22(12-14-32)35-21-8-1-17(2-9-21)15-24(33)34/h3-7,10,16-17,21-22,26,31H,1-2,8-9,11-15H2,(H,29,30)(H,33,34). The van der Waals surface area contributed by atoms with Crippen LogP contribution in [0.15, 0.2) is 47.6 Å². The first kappa shape index (κ1) is 23.7. The number of pyridine rings is 1. The summed E-state index contributed by atoms with van der Waals surface area (Å²) in [6, 6.07) is 10.3. The number of nitrogens with zero attached hydrogens (tertiary/aromatic N) is 3. The fraction of sp³-hybridized carbons (Fsp3) is 0.500. The molecule has 3 N–H and O–H groups in total. The van der Waals surface area contributed by atoms with E-state index in [1.807, 2.05) is 18.3 Å². The van der Waals surface area contributed by atoms with Crippen molar-refractivity contribution in [2.24, 2.45) is 10.9 Å². The number of carboxylic acids is 1. The van der Waals surface area contributed by atoms with Gasteiger partial charge in [-0.2, -0.15) is 0 Å². The van der Waals surface area contributed by atoms with Crippen molar-refractivity contribution >= 4 is 17.6 Å². The topological polar surface area (TPSA) is 99.1 Å². The number of benzene rings is 1. The van der Waals surface area contributed by atoms with E-state index in [-0.39, 0.29) is 30.6 Å². The maximum absolute atomic E-state index is 13.2. The molecular weight excluding hydrogens is 449 g/mol. The monoisotopic (exact) mass is 481 g/mol. The van der Waals surface area contributed by atoms with Gasteiger partial charge in [0.25, 0.3) is 0 Å². The molecule has 0 amide bonds. The van der Waals surface area contributed by atoms with Crippen LogP contribution in [0.25, 0.3) is 0 Å². The average molecular weight is 482 g/mol. The number of hydrogen-bond donors (Lipinski definition) is 3. The van der Waals surface area contributed by atoms with Crippen LogP contribution in [0.3, 0.4) is 0 Å². The molecule has 0 bridgehead atoms. The zero-order valence-corrected chi connectivity index (χ0v) is 19.7. The highest BCUT2D eigenvalue weighted by Gasteiger charge is 2.28. The summed E-state index contributed by atoms with van der Waals surface area (Å²) in [6.45, 7) is 1.81. The number of aliphatic carboxylic acids is 1. The molecule has 8 nitrogen and oxygen atoms in total. The highest BCUT2D eigenvalue weighted by molar-refractivity contribution is 5.99. The zero-order chi connectivity index (χ0) is 24.2. The Hall–Kier alpha value is -3.04. The summed E-state index contributed by atoms with van der Waals surface area (Å²) >= 11 is 0. The van der Waals surface area contributed by atoms with Crippen LogP contribution >= 0.6 is 0 Å². The molecule has 2 aromatic rings. The van der Waals surface area contributed by atoms with Gasteiger partial charge in [0.15, 0.2) is 0 Å². The summed E-state index contributed by atoms with van der Waals surface area (Å²) < 4.78 is 19.5. The molecule has 9 heteroatoms. The van der Waals surface area contributed by atoms with E-state index in [1.165, 1.54) is 12.1 Å². The van der Waals surface area contributed by atoms with E-state index in [0.29, 0.717) is 11.8 Å². The van der Waals surface area contributed by atoms with Crippen molar-refractivity contribution in [3.63, 3.8) is 0 Å². The predicted molar refractivity (Wildman–Crippen MR) is 131 cm³/mol. The molecule has 2 aliphatic heterocycles. The van der Waals surface area contributed by atoms with Crippen molar-refractivity contribution in [2.45, 2.75) is 63.3 Å². The molecule has 5 rings (SSSR count). The Kier molecular flexibility index (Phi) is 7.24. The molecule has 1 saturated heterocycles. The molecule has 1 unspecified atom stereocenters. The number of amidine groups is 1. The van der Waals surface area contributed by atoms with Gasteiger partial charge in [0, 0.05) is 36.8 Å². The largest absolute Gasteiger partial charge is 0.481 e. The number of ether oxygens (including phenoxy) is 1. The van der Waals surface area contributed by atoms with Gasteiger partial charge in [-0.15, -0.1) is 0 Å². The first-order valence-corrected chi connectivity index (χ1v) is 12.5. The second-order valence-electron chi connectivity index (χ2n) is 9.67. The third kappa shape index (κ3) is 5.97. The lowest BCUT2D eigenvalue weighted by Gasteiger charge is -2.36. The number of piperidine rings is 1. The maximum atomic E-state index is 13.2. The number of nitrogens with one attached hydrogen (secondary N) is 2. The molecule has 1 aliphatic carbocycles. The predicted octanol–water partition coefficient (Wildman–Crippen LogP) is 3.79. The lowest BCUT2D eigenvalue weighted by molar-refractivity contribution is -0.138. The zero-order valence-electron chi connectivity index (χ0n) is 19.7. The first-order chi connectivity index (χ1) is 17.0. The lowest BCUT2D eigenvalue weighted by atomic mass is 9.85. The van der Waals surface area contributed by atoms with Gasteiger partial charge in [-0.25, -0.2) is 19.8 Å². The fourth-order valence-electron chi connectivity index (χ4n) is 5.20. The highest BCUT2D eigenvalue weighted by atomic mass is 19.1. The molecule has 3 aliphatic rings. The highest BCUT2D eigenvalue weighted by Crippen LogP contribution is 2.31. The Bertz CT molecular complexity index is 1030. The fourth-order valence-corrected chi connectivity index (χ4v) is 5.20. The molecule has 2 fully saturated rings. The van der Waals surface area contributed by atoms with Crippen LogP contribution in [0.1, 0.15) is 62.2 Å². The van der Waals surface area contributed by atoms with Crippen LogP contribution < -0.4 is 15.8 Å². The van der Waals surface area contributed by atoms with Gasteiger partial charge in [-0.05, 0) is 74.8 Å². The van der Waals surface area contributed by atoms with Gasteiger partial charge in [-0.3, -0.25) is 4.79 Å². The van der Waals surface area contributed by atoms with Crippen LogP contribution in [-0.2, 0) is 9.53 Å². The number of aromatic nitrogens is 1. The van der Waals surface area contributed by atoms with E-state index in [0.717, 1.165) is 68.6 Å². The number of hydrogen-bond acceptors (Lipinski definition) is 7. The molecule has 1 atom stereocenters. The summed E-state index contributed by atoms with van der Waals surface area (Å²) in [5.41, 5.74) is 7.99. The Morgan fingerprint density at radius 1 is 1.03 bits per heavy atom. The Balaban J connectivity index is 1.09. The first-order valence-electron chi connectivity index (χ1n) is 12.5. The van der Waals surface area contributed by atoms with E-state index < -0.39 is 5.97 Å². The average Bonchev–Trinajstić information content (AvgIpc) is 3.36. The molecule has 35 heavy (non-hydrogen) atoms. The molecule has 1 aromatic heterocycles. The molecule has 0 radical (unpaired) electrons. The molecule has 1 aromatic carbocycles. The van der Waals surface area contributed by atoms with Crippen molar-refractivity contribution in [2.75, 3.05) is 18.0 Å². The van der Waals surface area contributed by atoms with E-state index in [2.05, 4.69) is 25.7 Å². The molecule has 3 heterocycles. The molecular formula is C26H32FN5O3. The van der Waals surface area contributed by atoms with Crippen molar-refractivity contribution in [1.82, 2.24) is 15.8 Å². The summed E-state index contributed by atoms with van der Waals surface area (Å²) in [4.78, 5) is 22.5. The SMILES string of the molecule is O=C(O)CC1CCC(OC2CCN(c3ccc(C4N=C(c5ccc(F)cc5)NN4)cn3)CC2)CC1. The summed E-state index contributed by atoms with van der Waals surface area (Å²) in [6.07, 6.45) is 8.20. The molecule has 0 spiro atoms. The second kappa shape index (κ2) is 10.7. The number of halogens is 1. The van der Waals surface area contributed by atoms with Gasteiger partial charge in [0.1, 0.15) is 23.6 Å². The van der Waals surface area contributed by atoms with Gasteiger partial charge in [-0.1, -0.05) is 6.07 Å². The van der Waals surface area contributed by atoms with E-state index in [9.17, 15) is 9.18 Å². The third-order valence-electron chi connectivity index (χ3n) is 7.20. The molecule has 186 valence electrons. The minimum absolute atomic E-state index is 0.249. The van der Waals surface area contributed by atoms with Crippen molar-refractivity contribution in [3.8, 4) is 0 Å². The second-order valence-corrected chi connectivity index (χ2v) is 9.67. The van der Waals surface area contributed by atoms with Crippen LogP contribution in [0.2, 0.25) is 0 Å². The van der Waals surface area contributed by atoms with Crippen LogP contribution in [0.5, 0.6) is 0 Å². The maximum Gasteiger partial charge on any atom is 0.303 e. The normalized spacial score (nSPS) is 25.2. The number of aliphatic imine (C=N–C) groups is 1. The minimum atomic E-state index is -0.693. The summed E-state index contributed by atoms with van der Waals surface area (Å²) in [5.74, 6) is 0.972.